The van der Waals surface area contributed by atoms with Crippen molar-refractivity contribution in [3.8, 4) is 0 Å². The Morgan fingerprint density at radius 3 is 3.00 bits per heavy atom. The molecule has 1 unspecified atom stereocenters. The molecule has 0 saturated carbocycles. The Hall–Kier alpha value is -1.10. The van der Waals surface area contributed by atoms with Gasteiger partial charge in [-0.25, -0.2) is 4.68 Å². The topological polar surface area (TPSA) is 60.0 Å². The lowest BCUT2D eigenvalue weighted by atomic mass is 10.1. The summed E-state index contributed by atoms with van der Waals surface area (Å²) in [6.07, 6.45) is 0.927. The Labute approximate surface area is 83.9 Å². The minimum Gasteiger partial charge on any atom is -0.356 e. The molecule has 14 heavy (non-hydrogen) atoms. The van der Waals surface area contributed by atoms with Gasteiger partial charge in [-0.1, -0.05) is 12.1 Å². The van der Waals surface area contributed by atoms with Gasteiger partial charge >= 0.3 is 0 Å². The summed E-state index contributed by atoms with van der Waals surface area (Å²) in [5.41, 5.74) is 6.69. The monoisotopic (exact) mass is 195 g/mol. The largest absolute Gasteiger partial charge is 0.356 e. The van der Waals surface area contributed by atoms with Crippen molar-refractivity contribution in [2.75, 3.05) is 25.0 Å². The quantitative estimate of drug-likeness (QED) is 0.729. The number of aromatic nitrogens is 3. The van der Waals surface area contributed by atoms with E-state index in [0.29, 0.717) is 12.5 Å². The first-order valence-electron chi connectivity index (χ1n) is 5.06. The van der Waals surface area contributed by atoms with E-state index in [0.717, 1.165) is 25.2 Å². The van der Waals surface area contributed by atoms with Crippen LogP contribution in [-0.4, -0.2) is 35.1 Å². The van der Waals surface area contributed by atoms with E-state index >= 15 is 0 Å². The van der Waals surface area contributed by atoms with Crippen LogP contribution in [0.4, 0.5) is 5.82 Å². The molecule has 0 aliphatic carbocycles. The molecule has 78 valence electrons. The fourth-order valence-corrected chi connectivity index (χ4v) is 1.81. The Morgan fingerprint density at radius 2 is 2.29 bits per heavy atom. The molecule has 2 heterocycles. The van der Waals surface area contributed by atoms with Gasteiger partial charge in [-0.15, -0.1) is 5.10 Å². The maximum absolute atomic E-state index is 5.60. The molecule has 2 N–H and O–H groups in total. The van der Waals surface area contributed by atoms with E-state index in [1.54, 1.807) is 0 Å². The molecule has 0 fully saturated rings. The van der Waals surface area contributed by atoms with Gasteiger partial charge in [0.15, 0.2) is 5.82 Å². The molecule has 5 heteroatoms. The predicted molar refractivity (Wildman–Crippen MR) is 55.2 cm³/mol. The van der Waals surface area contributed by atoms with Crippen molar-refractivity contribution < 1.29 is 0 Å². The molecular formula is C9H17N5. The van der Waals surface area contributed by atoms with Crippen molar-refractivity contribution in [2.24, 2.45) is 11.7 Å². The van der Waals surface area contributed by atoms with Gasteiger partial charge in [-0.2, -0.15) is 0 Å². The van der Waals surface area contributed by atoms with E-state index in [1.807, 2.05) is 4.68 Å². The lowest BCUT2D eigenvalue weighted by molar-refractivity contribution is 0.580. The summed E-state index contributed by atoms with van der Waals surface area (Å²) in [6.45, 7) is 4.83. The number of nitrogens with zero attached hydrogens (tertiary/aromatic N) is 4. The van der Waals surface area contributed by atoms with Crippen LogP contribution >= 0.6 is 0 Å². The maximum Gasteiger partial charge on any atom is 0.150 e. The highest BCUT2D eigenvalue weighted by atomic mass is 15.5. The van der Waals surface area contributed by atoms with Gasteiger partial charge in [-0.3, -0.25) is 0 Å². The predicted octanol–water partition coefficient (Wildman–Crippen LogP) is -0.135. The SMILES string of the molecule is CC(CN)Cc1nnn2c1N(C)CC2. The second-order valence-electron chi connectivity index (χ2n) is 4.05. The fraction of sp³-hybridized carbons (Fsp3) is 0.778. The summed E-state index contributed by atoms with van der Waals surface area (Å²) in [6, 6.07) is 0. The van der Waals surface area contributed by atoms with Gasteiger partial charge in [0.1, 0.15) is 5.69 Å². The zero-order valence-electron chi connectivity index (χ0n) is 8.77. The van der Waals surface area contributed by atoms with Crippen molar-refractivity contribution >= 4 is 5.82 Å². The third-order valence-corrected chi connectivity index (χ3v) is 2.73. The summed E-state index contributed by atoms with van der Waals surface area (Å²) >= 11 is 0. The number of fused-ring (bicyclic) bond motifs is 1. The molecule has 1 aromatic rings. The molecule has 0 radical (unpaired) electrons. The number of hydrogen-bond donors (Lipinski definition) is 1. The van der Waals surface area contributed by atoms with Gasteiger partial charge in [0.25, 0.3) is 0 Å². The molecule has 5 nitrogen and oxygen atoms in total. The van der Waals surface area contributed by atoms with E-state index in [4.69, 9.17) is 5.73 Å². The van der Waals surface area contributed by atoms with Gasteiger partial charge < -0.3 is 10.6 Å². The molecule has 1 aliphatic heterocycles. The molecule has 2 rings (SSSR count). The van der Waals surface area contributed by atoms with Crippen LogP contribution in [0.25, 0.3) is 0 Å². The van der Waals surface area contributed by atoms with Crippen LogP contribution in [0.3, 0.4) is 0 Å². The van der Waals surface area contributed by atoms with E-state index in [1.165, 1.54) is 5.82 Å². The summed E-state index contributed by atoms with van der Waals surface area (Å²) in [5, 5.41) is 8.31. The van der Waals surface area contributed by atoms with Crippen LogP contribution in [0.15, 0.2) is 0 Å². The molecule has 0 bridgehead atoms. The lowest BCUT2D eigenvalue weighted by Crippen LogP contribution is -2.17. The Morgan fingerprint density at radius 1 is 1.50 bits per heavy atom. The molecule has 0 amide bonds. The smallest absolute Gasteiger partial charge is 0.150 e. The molecule has 1 aromatic heterocycles. The van der Waals surface area contributed by atoms with Crippen molar-refractivity contribution in [1.82, 2.24) is 15.0 Å². The van der Waals surface area contributed by atoms with E-state index in [9.17, 15) is 0 Å². The van der Waals surface area contributed by atoms with E-state index in [-0.39, 0.29) is 0 Å². The van der Waals surface area contributed by atoms with Crippen LogP contribution in [0.1, 0.15) is 12.6 Å². The average Bonchev–Trinajstić information content (AvgIpc) is 2.71. The summed E-state index contributed by atoms with van der Waals surface area (Å²) in [5.74, 6) is 1.65. The second-order valence-corrected chi connectivity index (χ2v) is 4.05. The molecule has 0 aromatic carbocycles. The minimum absolute atomic E-state index is 0.477. The summed E-state index contributed by atoms with van der Waals surface area (Å²) in [4.78, 5) is 2.21. The first-order valence-corrected chi connectivity index (χ1v) is 5.06. The average molecular weight is 195 g/mol. The number of likely N-dealkylation sites (N-methyl/N-ethyl adjacent to an activating group) is 1. The summed E-state index contributed by atoms with van der Waals surface area (Å²) < 4.78 is 1.97. The highest BCUT2D eigenvalue weighted by Crippen LogP contribution is 2.23. The zero-order valence-corrected chi connectivity index (χ0v) is 8.77. The zero-order chi connectivity index (χ0) is 10.1. The maximum atomic E-state index is 5.60. The van der Waals surface area contributed by atoms with Gasteiger partial charge in [0.2, 0.25) is 0 Å². The first kappa shape index (κ1) is 9.45. The molecular weight excluding hydrogens is 178 g/mol. The van der Waals surface area contributed by atoms with Gasteiger partial charge in [0.05, 0.1) is 6.54 Å². The summed E-state index contributed by atoms with van der Waals surface area (Å²) in [7, 11) is 2.08. The Bertz CT molecular complexity index is 319. The van der Waals surface area contributed by atoms with E-state index < -0.39 is 0 Å². The van der Waals surface area contributed by atoms with Crippen molar-refractivity contribution in [1.29, 1.82) is 0 Å². The van der Waals surface area contributed by atoms with Crippen LogP contribution in [-0.2, 0) is 13.0 Å². The van der Waals surface area contributed by atoms with Crippen LogP contribution in [0.5, 0.6) is 0 Å². The fourth-order valence-electron chi connectivity index (χ4n) is 1.81. The molecule has 0 saturated heterocycles. The highest BCUT2D eigenvalue weighted by Gasteiger charge is 2.22. The van der Waals surface area contributed by atoms with Crippen LogP contribution < -0.4 is 10.6 Å². The lowest BCUT2D eigenvalue weighted by Gasteiger charge is -2.12. The molecule has 0 spiro atoms. The third kappa shape index (κ3) is 1.48. The van der Waals surface area contributed by atoms with Crippen molar-refractivity contribution in [3.05, 3.63) is 5.69 Å². The molecule has 1 aliphatic rings. The standard InChI is InChI=1S/C9H17N5/c1-7(6-10)5-8-9-13(2)3-4-14(9)12-11-8/h7H,3-6,10H2,1-2H3. The minimum atomic E-state index is 0.477. The molecule has 1 atom stereocenters. The number of anilines is 1. The number of rotatable bonds is 3. The van der Waals surface area contributed by atoms with Gasteiger partial charge in [0, 0.05) is 13.6 Å². The van der Waals surface area contributed by atoms with E-state index in [2.05, 4.69) is 29.2 Å². The number of nitrogens with two attached hydrogens (primary N) is 1. The van der Waals surface area contributed by atoms with Crippen LogP contribution in [0, 0.1) is 5.92 Å². The van der Waals surface area contributed by atoms with Crippen LogP contribution in [0.2, 0.25) is 0 Å². The van der Waals surface area contributed by atoms with Crippen molar-refractivity contribution in [3.63, 3.8) is 0 Å². The normalized spacial score (nSPS) is 17.2. The first-order chi connectivity index (χ1) is 6.72. The second kappa shape index (κ2) is 3.57. The number of hydrogen-bond acceptors (Lipinski definition) is 4. The van der Waals surface area contributed by atoms with Gasteiger partial charge in [-0.05, 0) is 18.9 Å². The highest BCUT2D eigenvalue weighted by molar-refractivity contribution is 5.45. The Balaban J connectivity index is 2.19. The van der Waals surface area contributed by atoms with Crippen molar-refractivity contribution in [2.45, 2.75) is 19.9 Å². The third-order valence-electron chi connectivity index (χ3n) is 2.73. The Kier molecular flexibility index (Phi) is 2.41.